The molecule has 8 heteroatoms. The van der Waals surface area contributed by atoms with Crippen LogP contribution < -0.4 is 11.7 Å². The SMILES string of the molecule is CCCCCCCCCC(=O)N(N)C(=O)C(=O)N(N)C(=O)CCCCCCCCC. The number of hydrogen-bond acceptors (Lipinski definition) is 6. The molecule has 0 radical (unpaired) electrons. The summed E-state index contributed by atoms with van der Waals surface area (Å²) in [6.45, 7) is 4.30. The summed E-state index contributed by atoms with van der Waals surface area (Å²) < 4.78 is 0. The number of carbonyl (C=O) groups excluding carboxylic acids is 4. The van der Waals surface area contributed by atoms with Crippen LogP contribution in [-0.4, -0.2) is 33.6 Å². The maximum Gasteiger partial charge on any atom is 0.334 e. The monoisotopic (exact) mass is 426 g/mol. The van der Waals surface area contributed by atoms with Crippen molar-refractivity contribution in [3.8, 4) is 0 Å². The quantitative estimate of drug-likeness (QED) is 0.127. The fourth-order valence-electron chi connectivity index (χ4n) is 3.14. The highest BCUT2D eigenvalue weighted by Gasteiger charge is 2.30. The molecule has 0 heterocycles. The summed E-state index contributed by atoms with van der Waals surface area (Å²) in [6, 6.07) is 0. The van der Waals surface area contributed by atoms with Crippen molar-refractivity contribution in [2.45, 2.75) is 117 Å². The van der Waals surface area contributed by atoms with Crippen molar-refractivity contribution in [3.63, 3.8) is 0 Å². The van der Waals surface area contributed by atoms with Crippen molar-refractivity contribution in [2.24, 2.45) is 11.7 Å². The van der Waals surface area contributed by atoms with Crippen LogP contribution >= 0.6 is 0 Å². The van der Waals surface area contributed by atoms with Gasteiger partial charge in [0.2, 0.25) is 11.8 Å². The van der Waals surface area contributed by atoms with Crippen molar-refractivity contribution in [1.29, 1.82) is 0 Å². The minimum absolute atomic E-state index is 0.0832. The van der Waals surface area contributed by atoms with Gasteiger partial charge in [0.05, 0.1) is 0 Å². The van der Waals surface area contributed by atoms with E-state index in [0.717, 1.165) is 38.5 Å². The number of hydrogen-bond donors (Lipinski definition) is 2. The number of nitrogens with zero attached hydrogens (tertiary/aromatic N) is 2. The van der Waals surface area contributed by atoms with E-state index in [1.54, 1.807) is 0 Å². The van der Waals surface area contributed by atoms with Gasteiger partial charge in [0.25, 0.3) is 0 Å². The number of carbonyl (C=O) groups is 4. The molecule has 0 saturated carbocycles. The summed E-state index contributed by atoms with van der Waals surface area (Å²) in [4.78, 5) is 48.2. The minimum Gasteiger partial charge on any atom is -0.273 e. The fraction of sp³-hybridized carbons (Fsp3) is 0.818. The van der Waals surface area contributed by atoms with Crippen molar-refractivity contribution in [3.05, 3.63) is 0 Å². The van der Waals surface area contributed by atoms with E-state index < -0.39 is 23.6 Å². The molecule has 4 N–H and O–H groups in total. The van der Waals surface area contributed by atoms with Crippen LogP contribution in [0.5, 0.6) is 0 Å². The standard InChI is InChI=1S/C22H42N4O4/c1-3-5-7-9-11-13-15-17-19(27)25(23)21(29)22(30)26(24)20(28)18-16-14-12-10-8-6-4-2/h3-18,23-24H2,1-2H3. The first-order chi connectivity index (χ1) is 14.4. The zero-order valence-electron chi connectivity index (χ0n) is 19.0. The highest BCUT2D eigenvalue weighted by molar-refractivity contribution is 6.39. The van der Waals surface area contributed by atoms with E-state index in [4.69, 9.17) is 11.7 Å². The van der Waals surface area contributed by atoms with Crippen molar-refractivity contribution >= 4 is 23.6 Å². The first-order valence-electron chi connectivity index (χ1n) is 11.6. The third-order valence-electron chi connectivity index (χ3n) is 5.15. The number of hydrazine groups is 2. The molecule has 0 bridgehead atoms. The molecule has 0 fully saturated rings. The lowest BCUT2D eigenvalue weighted by Crippen LogP contribution is -2.54. The Morgan fingerprint density at radius 1 is 0.500 bits per heavy atom. The molecular weight excluding hydrogens is 384 g/mol. The van der Waals surface area contributed by atoms with Gasteiger partial charge in [-0.3, -0.25) is 19.2 Å². The number of unbranched alkanes of at least 4 members (excludes halogenated alkanes) is 12. The molecule has 0 aromatic rings. The van der Waals surface area contributed by atoms with Crippen LogP contribution in [0.2, 0.25) is 0 Å². The average Bonchev–Trinajstić information content (AvgIpc) is 2.75. The third-order valence-corrected chi connectivity index (χ3v) is 5.15. The third kappa shape index (κ3) is 12.7. The van der Waals surface area contributed by atoms with Gasteiger partial charge in [-0.2, -0.15) is 0 Å². The lowest BCUT2D eigenvalue weighted by Gasteiger charge is -2.18. The van der Waals surface area contributed by atoms with Gasteiger partial charge in [0, 0.05) is 12.8 Å². The zero-order chi connectivity index (χ0) is 22.8. The summed E-state index contributed by atoms with van der Waals surface area (Å²) in [7, 11) is 0. The van der Waals surface area contributed by atoms with Crippen LogP contribution in [0, 0.1) is 0 Å². The number of imide groups is 2. The molecule has 0 saturated heterocycles. The first kappa shape index (κ1) is 28.2. The van der Waals surface area contributed by atoms with Crippen LogP contribution in [0.1, 0.15) is 117 Å². The second-order valence-corrected chi connectivity index (χ2v) is 7.88. The Morgan fingerprint density at radius 3 is 1.07 bits per heavy atom. The molecule has 0 aromatic carbocycles. The van der Waals surface area contributed by atoms with E-state index in [9.17, 15) is 19.2 Å². The molecule has 0 aliphatic rings. The van der Waals surface area contributed by atoms with E-state index in [-0.39, 0.29) is 22.9 Å². The molecular formula is C22H42N4O4. The number of nitrogens with two attached hydrogens (primary N) is 2. The van der Waals surface area contributed by atoms with Crippen LogP contribution in [0.25, 0.3) is 0 Å². The van der Waals surface area contributed by atoms with Crippen LogP contribution in [-0.2, 0) is 19.2 Å². The summed E-state index contributed by atoms with van der Waals surface area (Å²) in [5.74, 6) is 7.11. The highest BCUT2D eigenvalue weighted by Crippen LogP contribution is 2.10. The number of rotatable bonds is 16. The summed E-state index contributed by atoms with van der Waals surface area (Å²) in [5, 5.41) is 0.556. The second-order valence-electron chi connectivity index (χ2n) is 7.88. The maximum absolute atomic E-state index is 12.1. The van der Waals surface area contributed by atoms with Gasteiger partial charge in [0.1, 0.15) is 0 Å². The van der Waals surface area contributed by atoms with Gasteiger partial charge in [-0.1, -0.05) is 90.9 Å². The Hall–Kier alpha value is -1.80. The molecule has 0 aliphatic carbocycles. The van der Waals surface area contributed by atoms with Gasteiger partial charge < -0.3 is 0 Å². The first-order valence-corrected chi connectivity index (χ1v) is 11.6. The van der Waals surface area contributed by atoms with Crippen molar-refractivity contribution < 1.29 is 19.2 Å². The van der Waals surface area contributed by atoms with Gasteiger partial charge in [-0.25, -0.2) is 21.7 Å². The summed E-state index contributed by atoms with van der Waals surface area (Å²) in [5.41, 5.74) is 0. The minimum atomic E-state index is -1.28. The topological polar surface area (TPSA) is 127 Å². The molecule has 0 rings (SSSR count). The van der Waals surface area contributed by atoms with Gasteiger partial charge >= 0.3 is 11.8 Å². The van der Waals surface area contributed by atoms with E-state index in [1.807, 2.05) is 0 Å². The predicted octanol–water partition coefficient (Wildman–Crippen LogP) is 3.73. The molecule has 30 heavy (non-hydrogen) atoms. The van der Waals surface area contributed by atoms with E-state index in [1.165, 1.54) is 38.5 Å². The molecule has 0 aromatic heterocycles. The van der Waals surface area contributed by atoms with Gasteiger partial charge in [-0.05, 0) is 12.8 Å². The van der Waals surface area contributed by atoms with Crippen LogP contribution in [0.3, 0.4) is 0 Å². The zero-order valence-corrected chi connectivity index (χ0v) is 19.0. The Balaban J connectivity index is 4.14. The molecule has 0 atom stereocenters. The molecule has 4 amide bonds. The summed E-state index contributed by atoms with van der Waals surface area (Å²) >= 11 is 0. The van der Waals surface area contributed by atoms with Crippen molar-refractivity contribution in [2.75, 3.05) is 0 Å². The largest absolute Gasteiger partial charge is 0.334 e. The smallest absolute Gasteiger partial charge is 0.273 e. The molecule has 0 unspecified atom stereocenters. The molecule has 0 spiro atoms. The molecule has 8 nitrogen and oxygen atoms in total. The van der Waals surface area contributed by atoms with E-state index >= 15 is 0 Å². The van der Waals surface area contributed by atoms with Gasteiger partial charge in [-0.15, -0.1) is 0 Å². The lowest BCUT2D eigenvalue weighted by atomic mass is 10.1. The van der Waals surface area contributed by atoms with Crippen LogP contribution in [0.4, 0.5) is 0 Å². The molecule has 0 aliphatic heterocycles. The maximum atomic E-state index is 12.1. The molecule has 174 valence electrons. The average molecular weight is 427 g/mol. The Kier molecular flexibility index (Phi) is 16.9. The fourth-order valence-corrected chi connectivity index (χ4v) is 3.14. The predicted molar refractivity (Wildman–Crippen MR) is 117 cm³/mol. The normalized spacial score (nSPS) is 10.7. The lowest BCUT2D eigenvalue weighted by molar-refractivity contribution is -0.160. The van der Waals surface area contributed by atoms with Crippen LogP contribution in [0.15, 0.2) is 0 Å². The summed E-state index contributed by atoms with van der Waals surface area (Å²) in [6.07, 6.45) is 14.5. The Morgan fingerprint density at radius 2 is 0.767 bits per heavy atom. The van der Waals surface area contributed by atoms with Crippen molar-refractivity contribution in [1.82, 2.24) is 10.0 Å². The number of amides is 4. The van der Waals surface area contributed by atoms with Gasteiger partial charge in [0.15, 0.2) is 0 Å². The Bertz CT molecular complexity index is 479. The Labute approximate surface area is 181 Å². The van der Waals surface area contributed by atoms with E-state index in [0.29, 0.717) is 12.8 Å². The highest BCUT2D eigenvalue weighted by atomic mass is 16.2. The second kappa shape index (κ2) is 18.0. The van der Waals surface area contributed by atoms with E-state index in [2.05, 4.69) is 13.8 Å².